The van der Waals surface area contributed by atoms with Crippen molar-refractivity contribution in [3.05, 3.63) is 47.3 Å². The largest absolute Gasteiger partial charge is 0.385 e. The lowest BCUT2D eigenvalue weighted by Gasteiger charge is -2.31. The number of fused-ring (bicyclic) bond motifs is 1. The van der Waals surface area contributed by atoms with E-state index in [1.165, 1.54) is 4.90 Å². The SMILES string of the molecule is COCCCNC(=O)CN1C=CN2NC(c3ccc(Cl)cc3)CC2C1=O. The third-order valence-corrected chi connectivity index (χ3v) is 4.76. The summed E-state index contributed by atoms with van der Waals surface area (Å²) in [6.45, 7) is 1.16. The zero-order chi connectivity index (χ0) is 18.5. The van der Waals surface area contributed by atoms with Crippen molar-refractivity contribution in [2.45, 2.75) is 24.9 Å². The number of hydrazine groups is 1. The normalized spacial score (nSPS) is 21.8. The Kier molecular flexibility index (Phi) is 6.13. The van der Waals surface area contributed by atoms with Crippen LogP contribution in [0.3, 0.4) is 0 Å². The summed E-state index contributed by atoms with van der Waals surface area (Å²) < 4.78 is 4.94. The molecule has 0 bridgehead atoms. The quantitative estimate of drug-likeness (QED) is 0.702. The van der Waals surface area contributed by atoms with E-state index in [4.69, 9.17) is 16.3 Å². The number of halogens is 1. The Morgan fingerprint density at radius 1 is 1.35 bits per heavy atom. The molecule has 2 N–H and O–H groups in total. The molecule has 1 saturated heterocycles. The van der Waals surface area contributed by atoms with Crippen molar-refractivity contribution in [2.24, 2.45) is 0 Å². The molecule has 2 heterocycles. The minimum atomic E-state index is -0.318. The van der Waals surface area contributed by atoms with Gasteiger partial charge in [0.1, 0.15) is 12.6 Å². The number of rotatable bonds is 7. The molecule has 0 radical (unpaired) electrons. The van der Waals surface area contributed by atoms with Crippen molar-refractivity contribution >= 4 is 23.4 Å². The minimum Gasteiger partial charge on any atom is -0.385 e. The van der Waals surface area contributed by atoms with E-state index < -0.39 is 0 Å². The number of ether oxygens (including phenoxy) is 1. The van der Waals surface area contributed by atoms with Gasteiger partial charge in [-0.05, 0) is 30.5 Å². The van der Waals surface area contributed by atoms with Gasteiger partial charge in [-0.3, -0.25) is 9.59 Å². The molecule has 0 aromatic heterocycles. The molecule has 2 unspecified atom stereocenters. The molecule has 2 aliphatic heterocycles. The zero-order valence-electron chi connectivity index (χ0n) is 14.7. The van der Waals surface area contributed by atoms with Gasteiger partial charge in [0, 0.05) is 37.7 Å². The molecular formula is C18H23ClN4O3. The molecule has 8 heteroatoms. The van der Waals surface area contributed by atoms with Crippen molar-refractivity contribution in [3.63, 3.8) is 0 Å². The highest BCUT2D eigenvalue weighted by Gasteiger charge is 2.40. The van der Waals surface area contributed by atoms with Gasteiger partial charge in [-0.25, -0.2) is 5.43 Å². The minimum absolute atomic E-state index is 0.0261. The number of carbonyl (C=O) groups excluding carboxylic acids is 2. The van der Waals surface area contributed by atoms with E-state index in [1.54, 1.807) is 19.5 Å². The van der Waals surface area contributed by atoms with E-state index in [1.807, 2.05) is 29.3 Å². The van der Waals surface area contributed by atoms with Crippen LogP contribution in [0.25, 0.3) is 0 Å². The predicted octanol–water partition coefficient (Wildman–Crippen LogP) is 1.43. The van der Waals surface area contributed by atoms with Gasteiger partial charge in [-0.2, -0.15) is 0 Å². The molecule has 0 spiro atoms. The highest BCUT2D eigenvalue weighted by Crippen LogP contribution is 2.31. The highest BCUT2D eigenvalue weighted by atomic mass is 35.5. The maximum absolute atomic E-state index is 12.7. The lowest BCUT2D eigenvalue weighted by atomic mass is 10.0. The van der Waals surface area contributed by atoms with E-state index in [0.29, 0.717) is 24.6 Å². The predicted molar refractivity (Wildman–Crippen MR) is 97.9 cm³/mol. The van der Waals surface area contributed by atoms with Crippen LogP contribution in [0.2, 0.25) is 5.02 Å². The number of hydrogen-bond donors (Lipinski definition) is 2. The van der Waals surface area contributed by atoms with E-state index in [9.17, 15) is 9.59 Å². The van der Waals surface area contributed by atoms with E-state index >= 15 is 0 Å². The van der Waals surface area contributed by atoms with Gasteiger partial charge >= 0.3 is 0 Å². The van der Waals surface area contributed by atoms with Crippen LogP contribution in [-0.4, -0.2) is 54.6 Å². The lowest BCUT2D eigenvalue weighted by Crippen LogP contribution is -2.50. The van der Waals surface area contributed by atoms with Gasteiger partial charge in [-0.1, -0.05) is 23.7 Å². The van der Waals surface area contributed by atoms with Gasteiger partial charge in [0.2, 0.25) is 5.91 Å². The molecular weight excluding hydrogens is 356 g/mol. The van der Waals surface area contributed by atoms with E-state index in [2.05, 4.69) is 10.7 Å². The molecule has 3 rings (SSSR count). The fraction of sp³-hybridized carbons (Fsp3) is 0.444. The lowest BCUT2D eigenvalue weighted by molar-refractivity contribution is -0.138. The summed E-state index contributed by atoms with van der Waals surface area (Å²) in [4.78, 5) is 26.2. The molecule has 140 valence electrons. The monoisotopic (exact) mass is 378 g/mol. The van der Waals surface area contributed by atoms with Gasteiger partial charge in [0.25, 0.3) is 5.91 Å². The average Bonchev–Trinajstić information content (AvgIpc) is 3.07. The second-order valence-corrected chi connectivity index (χ2v) is 6.79. The van der Waals surface area contributed by atoms with Gasteiger partial charge in [0.05, 0.1) is 6.04 Å². The highest BCUT2D eigenvalue weighted by molar-refractivity contribution is 6.30. The number of nitrogens with one attached hydrogen (secondary N) is 2. The molecule has 2 atom stereocenters. The molecule has 1 aromatic carbocycles. The van der Waals surface area contributed by atoms with Crippen LogP contribution < -0.4 is 10.7 Å². The molecule has 26 heavy (non-hydrogen) atoms. The smallest absolute Gasteiger partial charge is 0.251 e. The van der Waals surface area contributed by atoms with Crippen LogP contribution in [0.4, 0.5) is 0 Å². The number of amides is 2. The summed E-state index contributed by atoms with van der Waals surface area (Å²) in [6.07, 6.45) is 4.83. The standard InChI is InChI=1S/C18H23ClN4O3/c1-26-10-2-7-20-17(24)12-22-8-9-23-16(18(22)25)11-15(21-23)13-3-5-14(19)6-4-13/h3-6,8-9,15-16,21H,2,7,10-12H2,1H3,(H,20,24). The van der Waals surface area contributed by atoms with Crippen LogP contribution in [0.5, 0.6) is 0 Å². The van der Waals surface area contributed by atoms with Gasteiger partial charge in [-0.15, -0.1) is 0 Å². The molecule has 0 saturated carbocycles. The van der Waals surface area contributed by atoms with Crippen LogP contribution in [-0.2, 0) is 14.3 Å². The average molecular weight is 379 g/mol. The Morgan fingerprint density at radius 3 is 2.85 bits per heavy atom. The Labute approximate surface area is 157 Å². The number of methoxy groups -OCH3 is 1. The van der Waals surface area contributed by atoms with Crippen molar-refractivity contribution in [2.75, 3.05) is 26.8 Å². The van der Waals surface area contributed by atoms with Crippen molar-refractivity contribution in [1.29, 1.82) is 0 Å². The fourth-order valence-corrected chi connectivity index (χ4v) is 3.26. The number of carbonyl (C=O) groups is 2. The Bertz CT molecular complexity index is 680. The Hall–Kier alpha value is -2.09. The zero-order valence-corrected chi connectivity index (χ0v) is 15.4. The van der Waals surface area contributed by atoms with Gasteiger partial charge < -0.3 is 20.0 Å². The number of hydrogen-bond acceptors (Lipinski definition) is 5. The fourth-order valence-electron chi connectivity index (χ4n) is 3.13. The molecule has 7 nitrogen and oxygen atoms in total. The summed E-state index contributed by atoms with van der Waals surface area (Å²) in [6, 6.07) is 7.31. The summed E-state index contributed by atoms with van der Waals surface area (Å²) in [5, 5.41) is 5.29. The van der Waals surface area contributed by atoms with E-state index in [-0.39, 0.29) is 30.4 Å². The van der Waals surface area contributed by atoms with Crippen LogP contribution in [0.1, 0.15) is 24.4 Å². The first kappa shape index (κ1) is 18.7. The van der Waals surface area contributed by atoms with Crippen molar-refractivity contribution < 1.29 is 14.3 Å². The summed E-state index contributed by atoms with van der Waals surface area (Å²) >= 11 is 5.94. The topological polar surface area (TPSA) is 73.9 Å². The molecule has 1 fully saturated rings. The first-order chi connectivity index (χ1) is 12.6. The van der Waals surface area contributed by atoms with E-state index in [0.717, 1.165) is 12.0 Å². The first-order valence-electron chi connectivity index (χ1n) is 8.63. The Morgan fingerprint density at radius 2 is 2.12 bits per heavy atom. The molecule has 2 amide bonds. The Balaban J connectivity index is 1.55. The molecule has 0 aliphatic carbocycles. The van der Waals surface area contributed by atoms with Crippen LogP contribution in [0.15, 0.2) is 36.7 Å². The maximum Gasteiger partial charge on any atom is 0.251 e. The summed E-state index contributed by atoms with van der Waals surface area (Å²) in [5.74, 6) is -0.253. The first-order valence-corrected chi connectivity index (χ1v) is 9.00. The summed E-state index contributed by atoms with van der Waals surface area (Å²) in [5.41, 5.74) is 4.40. The second-order valence-electron chi connectivity index (χ2n) is 6.35. The number of benzene rings is 1. The second kappa shape index (κ2) is 8.53. The third kappa shape index (κ3) is 4.35. The van der Waals surface area contributed by atoms with Crippen LogP contribution >= 0.6 is 11.6 Å². The van der Waals surface area contributed by atoms with Crippen molar-refractivity contribution in [1.82, 2.24) is 20.7 Å². The third-order valence-electron chi connectivity index (χ3n) is 4.51. The molecule has 1 aromatic rings. The molecule has 2 aliphatic rings. The van der Waals surface area contributed by atoms with Crippen molar-refractivity contribution in [3.8, 4) is 0 Å². The number of nitrogens with zero attached hydrogens (tertiary/aromatic N) is 2. The van der Waals surface area contributed by atoms with Crippen LogP contribution in [0, 0.1) is 0 Å². The summed E-state index contributed by atoms with van der Waals surface area (Å²) in [7, 11) is 1.62. The van der Waals surface area contributed by atoms with Gasteiger partial charge in [0.15, 0.2) is 0 Å². The maximum atomic E-state index is 12.7.